The molecule has 0 fully saturated rings. The SMILES string of the molecule is CC(C)C[C@H](NC(=O)[C@H](CC(C)C)NC(=O)[C@H](CCC(=O)O)NC(=O)[C@H](CC(C)C)NC(=O)[C@H](CC(C)C)NC(=O)[C@@H](NC(=O)[C@@H](N)CCC(=O)O)C(C)C)C(=O)O. The lowest BCUT2D eigenvalue weighted by molar-refractivity contribution is -0.143. The predicted octanol–water partition coefficient (Wildman–Crippen LogP) is 0.877. The maximum absolute atomic E-state index is 13.9. The molecule has 19 heteroatoms. The van der Waals surface area contributed by atoms with Gasteiger partial charge in [0.2, 0.25) is 35.4 Å². The fraction of sp³-hybridized carbons (Fsp3) is 0.769. The summed E-state index contributed by atoms with van der Waals surface area (Å²) in [6, 6.07) is -8.75. The van der Waals surface area contributed by atoms with Crippen LogP contribution in [0.2, 0.25) is 0 Å². The highest BCUT2D eigenvalue weighted by atomic mass is 16.4. The smallest absolute Gasteiger partial charge is 0.326 e. The number of aliphatic carboxylic acids is 3. The first kappa shape index (κ1) is 53.2. The van der Waals surface area contributed by atoms with E-state index in [4.69, 9.17) is 10.8 Å². The monoisotopic (exact) mass is 828 g/mol. The van der Waals surface area contributed by atoms with Crippen molar-refractivity contribution >= 4 is 53.4 Å². The van der Waals surface area contributed by atoms with Crippen molar-refractivity contribution in [3.05, 3.63) is 0 Å². The van der Waals surface area contributed by atoms with E-state index in [-0.39, 0.29) is 68.6 Å². The minimum atomic E-state index is -1.48. The number of hydrogen-bond donors (Lipinski definition) is 10. The molecule has 0 aromatic carbocycles. The van der Waals surface area contributed by atoms with E-state index >= 15 is 0 Å². The van der Waals surface area contributed by atoms with E-state index in [1.807, 2.05) is 0 Å². The molecule has 7 atom stereocenters. The predicted molar refractivity (Wildman–Crippen MR) is 214 cm³/mol. The first-order chi connectivity index (χ1) is 26.7. The highest BCUT2D eigenvalue weighted by Gasteiger charge is 2.35. The van der Waals surface area contributed by atoms with E-state index in [1.165, 1.54) is 0 Å². The van der Waals surface area contributed by atoms with Gasteiger partial charge in [0, 0.05) is 12.8 Å². The first-order valence-electron chi connectivity index (χ1n) is 20.0. The summed E-state index contributed by atoms with van der Waals surface area (Å²) < 4.78 is 0. The van der Waals surface area contributed by atoms with Crippen molar-refractivity contribution in [1.82, 2.24) is 31.9 Å². The van der Waals surface area contributed by atoms with E-state index in [2.05, 4.69) is 31.9 Å². The Labute approximate surface area is 341 Å². The third-order valence-corrected chi connectivity index (χ3v) is 8.87. The molecule has 0 saturated heterocycles. The number of amides is 6. The van der Waals surface area contributed by atoms with E-state index < -0.39 is 108 Å². The number of carboxylic acids is 3. The molecule has 332 valence electrons. The Hall–Kier alpha value is -4.81. The van der Waals surface area contributed by atoms with Crippen molar-refractivity contribution in [2.24, 2.45) is 35.3 Å². The molecule has 19 nitrogen and oxygen atoms in total. The minimum Gasteiger partial charge on any atom is -0.481 e. The van der Waals surface area contributed by atoms with E-state index in [1.54, 1.807) is 69.2 Å². The zero-order chi connectivity index (χ0) is 45.0. The Morgan fingerprint density at radius 3 is 1.07 bits per heavy atom. The zero-order valence-corrected chi connectivity index (χ0v) is 35.7. The standard InChI is InChI=1S/C39H69N7O12/c1-19(2)15-26(43-36(54)28(17-21(5)6)44-38(56)32(23(9)10)46-33(51)24(40)11-13-30(47)48)35(53)41-25(12-14-31(49)50)34(52)42-27(16-20(3)4)37(55)45-29(39(57)58)18-22(7)8/h19-29,32H,11-18,40H2,1-10H3,(H,41,53)(H,42,52)(H,43,54)(H,44,56)(H,45,55)(H,46,51)(H,47,48)(H,49,50)(H,57,58)/t24-,25-,26-,27-,28-,29-,32-/m0/s1. The summed E-state index contributed by atoms with van der Waals surface area (Å²) in [5, 5.41) is 43.4. The molecular formula is C39H69N7O12. The molecule has 0 rings (SSSR count). The molecule has 0 radical (unpaired) electrons. The third kappa shape index (κ3) is 21.6. The molecule has 0 aliphatic rings. The topological polar surface area (TPSA) is 313 Å². The quantitative estimate of drug-likeness (QED) is 0.0525. The van der Waals surface area contributed by atoms with Crippen LogP contribution < -0.4 is 37.6 Å². The molecule has 0 aliphatic heterocycles. The number of carbonyl (C=O) groups is 9. The molecule has 0 spiro atoms. The van der Waals surface area contributed by atoms with Gasteiger partial charge in [-0.15, -0.1) is 0 Å². The van der Waals surface area contributed by atoms with Crippen LogP contribution in [0.5, 0.6) is 0 Å². The lowest BCUT2D eigenvalue weighted by Crippen LogP contribution is -2.60. The number of nitrogens with two attached hydrogens (primary N) is 1. The molecule has 0 aliphatic carbocycles. The lowest BCUT2D eigenvalue weighted by Gasteiger charge is -2.29. The highest BCUT2D eigenvalue weighted by molar-refractivity contribution is 5.97. The molecule has 0 heterocycles. The van der Waals surface area contributed by atoms with Crippen molar-refractivity contribution in [3.63, 3.8) is 0 Å². The fourth-order valence-electron chi connectivity index (χ4n) is 5.89. The third-order valence-electron chi connectivity index (χ3n) is 8.87. The molecule has 6 amide bonds. The summed E-state index contributed by atoms with van der Waals surface area (Å²) in [6.07, 6.45) is -1.04. The van der Waals surface area contributed by atoms with Crippen molar-refractivity contribution < 1.29 is 58.5 Å². The Morgan fingerprint density at radius 1 is 0.414 bits per heavy atom. The zero-order valence-electron chi connectivity index (χ0n) is 35.7. The van der Waals surface area contributed by atoms with Gasteiger partial charge in [-0.05, 0) is 68.1 Å². The van der Waals surface area contributed by atoms with Crippen LogP contribution in [0.1, 0.15) is 121 Å². The van der Waals surface area contributed by atoms with Crippen molar-refractivity contribution in [3.8, 4) is 0 Å². The van der Waals surface area contributed by atoms with Gasteiger partial charge in [-0.3, -0.25) is 38.4 Å². The van der Waals surface area contributed by atoms with Crippen LogP contribution in [0, 0.1) is 29.6 Å². The van der Waals surface area contributed by atoms with Crippen LogP contribution in [-0.4, -0.2) is 111 Å². The van der Waals surface area contributed by atoms with Gasteiger partial charge in [-0.1, -0.05) is 69.2 Å². The van der Waals surface area contributed by atoms with Gasteiger partial charge < -0.3 is 53.0 Å². The molecule has 11 N–H and O–H groups in total. The number of carboxylic acid groups (broad SMARTS) is 3. The Balaban J connectivity index is 6.38. The fourth-order valence-corrected chi connectivity index (χ4v) is 5.89. The molecule has 0 bridgehead atoms. The van der Waals surface area contributed by atoms with Crippen molar-refractivity contribution in [2.45, 2.75) is 163 Å². The summed E-state index contributed by atoms with van der Waals surface area (Å²) >= 11 is 0. The maximum Gasteiger partial charge on any atom is 0.326 e. The Bertz CT molecular complexity index is 1420. The van der Waals surface area contributed by atoms with Crippen molar-refractivity contribution in [2.75, 3.05) is 0 Å². The minimum absolute atomic E-state index is 0.0664. The molecule has 0 aromatic heterocycles. The summed E-state index contributed by atoms with van der Waals surface area (Å²) in [7, 11) is 0. The summed E-state index contributed by atoms with van der Waals surface area (Å²) in [4.78, 5) is 115. The summed E-state index contributed by atoms with van der Waals surface area (Å²) in [6.45, 7) is 17.6. The number of hydrogen-bond acceptors (Lipinski definition) is 10. The van der Waals surface area contributed by atoms with Gasteiger partial charge in [-0.25, -0.2) is 4.79 Å². The number of nitrogens with one attached hydrogen (secondary N) is 6. The highest BCUT2D eigenvalue weighted by Crippen LogP contribution is 2.13. The molecular weight excluding hydrogens is 758 g/mol. The van der Waals surface area contributed by atoms with Gasteiger partial charge in [-0.2, -0.15) is 0 Å². The Kier molecular flexibility index (Phi) is 24.1. The van der Waals surface area contributed by atoms with Crippen LogP contribution in [0.4, 0.5) is 0 Å². The van der Waals surface area contributed by atoms with Crippen molar-refractivity contribution in [1.29, 1.82) is 0 Å². The normalized spacial score (nSPS) is 15.1. The second kappa shape index (κ2) is 26.2. The second-order valence-electron chi connectivity index (χ2n) is 16.9. The molecule has 0 aromatic rings. The van der Waals surface area contributed by atoms with Crippen LogP contribution in [0.25, 0.3) is 0 Å². The van der Waals surface area contributed by atoms with Crippen LogP contribution >= 0.6 is 0 Å². The van der Waals surface area contributed by atoms with Gasteiger partial charge in [0.25, 0.3) is 0 Å². The second-order valence-corrected chi connectivity index (χ2v) is 16.9. The van der Waals surface area contributed by atoms with E-state index in [0.717, 1.165) is 0 Å². The number of carbonyl (C=O) groups excluding carboxylic acids is 6. The average molecular weight is 828 g/mol. The largest absolute Gasteiger partial charge is 0.481 e. The summed E-state index contributed by atoms with van der Waals surface area (Å²) in [5.74, 6) is -9.37. The molecule has 0 saturated carbocycles. The lowest BCUT2D eigenvalue weighted by atomic mass is 9.98. The summed E-state index contributed by atoms with van der Waals surface area (Å²) in [5.41, 5.74) is 5.84. The van der Waals surface area contributed by atoms with Crippen LogP contribution in [0.15, 0.2) is 0 Å². The molecule has 58 heavy (non-hydrogen) atoms. The Morgan fingerprint density at radius 2 is 0.724 bits per heavy atom. The van der Waals surface area contributed by atoms with Gasteiger partial charge in [0.15, 0.2) is 0 Å². The van der Waals surface area contributed by atoms with Crippen LogP contribution in [0.3, 0.4) is 0 Å². The maximum atomic E-state index is 13.9. The number of rotatable bonds is 28. The van der Waals surface area contributed by atoms with Gasteiger partial charge in [0.1, 0.15) is 36.3 Å². The van der Waals surface area contributed by atoms with Gasteiger partial charge in [0.05, 0.1) is 6.04 Å². The first-order valence-corrected chi connectivity index (χ1v) is 20.0. The van der Waals surface area contributed by atoms with Crippen LogP contribution in [-0.2, 0) is 43.2 Å². The molecule has 0 unspecified atom stereocenters. The average Bonchev–Trinajstić information content (AvgIpc) is 3.08. The van der Waals surface area contributed by atoms with E-state index in [9.17, 15) is 53.4 Å². The van der Waals surface area contributed by atoms with E-state index in [0.29, 0.717) is 0 Å². The van der Waals surface area contributed by atoms with Gasteiger partial charge >= 0.3 is 17.9 Å².